The second-order valence-electron chi connectivity index (χ2n) is 3.15. The molecule has 0 aliphatic heterocycles. The Bertz CT molecular complexity index is 378. The number of hydrogen-bond acceptors (Lipinski definition) is 2. The number of anilines is 1. The minimum atomic E-state index is -4.40. The van der Waals surface area contributed by atoms with Crippen LogP contribution in [0, 0.1) is 0 Å². The zero-order valence-electron chi connectivity index (χ0n) is 8.97. The molecular weight excluding hydrogens is 253 g/mol. The number of thioether (sulfide) groups is 1. The van der Waals surface area contributed by atoms with Gasteiger partial charge in [0, 0.05) is 10.6 Å². The van der Waals surface area contributed by atoms with Crippen molar-refractivity contribution in [3.8, 4) is 0 Å². The molecule has 1 aromatic carbocycles. The molecular formula is C10H11F3N2OS. The van der Waals surface area contributed by atoms with E-state index < -0.39 is 18.8 Å². The number of hydrogen-bond donors (Lipinski definition) is 2. The van der Waals surface area contributed by atoms with E-state index >= 15 is 0 Å². The summed E-state index contributed by atoms with van der Waals surface area (Å²) in [7, 11) is 0. The SMILES string of the molecule is CSc1ccc(NC(=O)NCC(F)(F)F)cc1. The third kappa shape index (κ3) is 5.48. The monoisotopic (exact) mass is 264 g/mol. The first-order chi connectivity index (χ1) is 7.90. The number of amides is 2. The average molecular weight is 264 g/mol. The molecule has 17 heavy (non-hydrogen) atoms. The van der Waals surface area contributed by atoms with E-state index in [-0.39, 0.29) is 0 Å². The van der Waals surface area contributed by atoms with Gasteiger partial charge in [0.05, 0.1) is 0 Å². The normalized spacial score (nSPS) is 11.1. The number of nitrogens with one attached hydrogen (secondary N) is 2. The Morgan fingerprint density at radius 2 is 1.88 bits per heavy atom. The van der Waals surface area contributed by atoms with E-state index in [1.165, 1.54) is 11.8 Å². The summed E-state index contributed by atoms with van der Waals surface area (Å²) >= 11 is 1.53. The lowest BCUT2D eigenvalue weighted by Crippen LogP contribution is -2.36. The fourth-order valence-corrected chi connectivity index (χ4v) is 1.44. The van der Waals surface area contributed by atoms with Crippen molar-refractivity contribution >= 4 is 23.5 Å². The molecule has 2 amide bonds. The first-order valence-electron chi connectivity index (χ1n) is 4.66. The highest BCUT2D eigenvalue weighted by Gasteiger charge is 2.27. The van der Waals surface area contributed by atoms with Gasteiger partial charge in [-0.15, -0.1) is 11.8 Å². The van der Waals surface area contributed by atoms with Gasteiger partial charge in [0.2, 0.25) is 0 Å². The van der Waals surface area contributed by atoms with Crippen LogP contribution in [0.15, 0.2) is 29.2 Å². The number of carbonyl (C=O) groups is 1. The Hall–Kier alpha value is -1.37. The maximum atomic E-state index is 11.8. The molecule has 0 atom stereocenters. The molecule has 0 aliphatic rings. The summed E-state index contributed by atoms with van der Waals surface area (Å²) < 4.78 is 35.4. The summed E-state index contributed by atoms with van der Waals surface area (Å²) in [6, 6.07) is 5.91. The predicted molar refractivity (Wildman–Crippen MR) is 61.3 cm³/mol. The largest absolute Gasteiger partial charge is 0.405 e. The Labute approximate surface area is 101 Å². The summed E-state index contributed by atoms with van der Waals surface area (Å²) in [6.07, 6.45) is -2.50. The number of benzene rings is 1. The first-order valence-corrected chi connectivity index (χ1v) is 5.89. The van der Waals surface area contributed by atoms with Gasteiger partial charge in [-0.1, -0.05) is 0 Å². The molecule has 0 unspecified atom stereocenters. The fraction of sp³-hybridized carbons (Fsp3) is 0.300. The van der Waals surface area contributed by atoms with E-state index in [9.17, 15) is 18.0 Å². The second-order valence-corrected chi connectivity index (χ2v) is 4.03. The Morgan fingerprint density at radius 1 is 1.29 bits per heavy atom. The molecule has 0 saturated heterocycles. The van der Waals surface area contributed by atoms with Crippen LogP contribution in [0.25, 0.3) is 0 Å². The second kappa shape index (κ2) is 5.81. The molecule has 1 aromatic rings. The van der Waals surface area contributed by atoms with E-state index in [0.717, 1.165) is 4.90 Å². The highest BCUT2D eigenvalue weighted by Crippen LogP contribution is 2.17. The third-order valence-corrected chi connectivity index (χ3v) is 2.54. The van der Waals surface area contributed by atoms with E-state index in [4.69, 9.17) is 0 Å². The van der Waals surface area contributed by atoms with Crippen molar-refractivity contribution in [2.45, 2.75) is 11.1 Å². The number of alkyl halides is 3. The van der Waals surface area contributed by atoms with Gasteiger partial charge in [0.1, 0.15) is 6.54 Å². The number of urea groups is 1. The average Bonchev–Trinajstić information content (AvgIpc) is 2.27. The van der Waals surface area contributed by atoms with Crippen LogP contribution in [0.3, 0.4) is 0 Å². The maximum absolute atomic E-state index is 11.8. The quantitative estimate of drug-likeness (QED) is 0.824. The van der Waals surface area contributed by atoms with E-state index in [1.54, 1.807) is 29.6 Å². The lowest BCUT2D eigenvalue weighted by atomic mass is 10.3. The molecule has 7 heteroatoms. The van der Waals surface area contributed by atoms with Crippen molar-refractivity contribution in [2.24, 2.45) is 0 Å². The molecule has 0 radical (unpaired) electrons. The van der Waals surface area contributed by atoms with Crippen molar-refractivity contribution in [1.29, 1.82) is 0 Å². The summed E-state index contributed by atoms with van der Waals surface area (Å²) in [5.74, 6) is 0. The van der Waals surface area contributed by atoms with E-state index in [0.29, 0.717) is 5.69 Å². The third-order valence-electron chi connectivity index (χ3n) is 1.80. The molecule has 0 bridgehead atoms. The molecule has 94 valence electrons. The zero-order chi connectivity index (χ0) is 12.9. The summed E-state index contributed by atoms with van der Waals surface area (Å²) in [5.41, 5.74) is 0.447. The van der Waals surface area contributed by atoms with Crippen molar-refractivity contribution in [1.82, 2.24) is 5.32 Å². The van der Waals surface area contributed by atoms with Crippen LogP contribution in [0.1, 0.15) is 0 Å². The standard InChI is InChI=1S/C10H11F3N2OS/c1-17-8-4-2-7(3-5-8)15-9(16)14-6-10(11,12)13/h2-5H,6H2,1H3,(H2,14,15,16). The van der Waals surface area contributed by atoms with Gasteiger partial charge in [-0.3, -0.25) is 0 Å². The molecule has 3 nitrogen and oxygen atoms in total. The van der Waals surface area contributed by atoms with Gasteiger partial charge < -0.3 is 10.6 Å². The summed E-state index contributed by atoms with van der Waals surface area (Å²) in [4.78, 5) is 12.1. The maximum Gasteiger partial charge on any atom is 0.405 e. The molecule has 0 saturated carbocycles. The van der Waals surface area contributed by atoms with Crippen LogP contribution in [0.5, 0.6) is 0 Å². The lowest BCUT2D eigenvalue weighted by Gasteiger charge is -2.09. The Morgan fingerprint density at radius 3 is 2.35 bits per heavy atom. The first kappa shape index (κ1) is 13.7. The van der Waals surface area contributed by atoms with Crippen molar-refractivity contribution in [3.63, 3.8) is 0 Å². The molecule has 0 fully saturated rings. The van der Waals surface area contributed by atoms with Crippen LogP contribution in [-0.2, 0) is 0 Å². The minimum absolute atomic E-state index is 0.447. The Balaban J connectivity index is 2.45. The van der Waals surface area contributed by atoms with Crippen LogP contribution < -0.4 is 10.6 Å². The Kier molecular flexibility index (Phi) is 4.68. The van der Waals surface area contributed by atoms with Gasteiger partial charge in [0.25, 0.3) is 0 Å². The number of halogens is 3. The molecule has 0 aromatic heterocycles. The van der Waals surface area contributed by atoms with Gasteiger partial charge in [-0.25, -0.2) is 4.79 Å². The van der Waals surface area contributed by atoms with Gasteiger partial charge >= 0.3 is 12.2 Å². The highest BCUT2D eigenvalue weighted by atomic mass is 32.2. The van der Waals surface area contributed by atoms with E-state index in [1.807, 2.05) is 6.26 Å². The van der Waals surface area contributed by atoms with Gasteiger partial charge in [-0.2, -0.15) is 13.2 Å². The number of rotatable bonds is 3. The zero-order valence-corrected chi connectivity index (χ0v) is 9.78. The van der Waals surface area contributed by atoms with Crippen molar-refractivity contribution < 1.29 is 18.0 Å². The van der Waals surface area contributed by atoms with Gasteiger partial charge in [-0.05, 0) is 30.5 Å². The molecule has 2 N–H and O–H groups in total. The number of carbonyl (C=O) groups excluding carboxylic acids is 1. The molecule has 1 rings (SSSR count). The summed E-state index contributed by atoms with van der Waals surface area (Å²) in [5, 5.41) is 4.03. The summed E-state index contributed by atoms with van der Waals surface area (Å²) in [6.45, 7) is -1.35. The molecule has 0 spiro atoms. The van der Waals surface area contributed by atoms with Crippen LogP contribution >= 0.6 is 11.8 Å². The smallest absolute Gasteiger partial charge is 0.329 e. The van der Waals surface area contributed by atoms with Crippen molar-refractivity contribution in [3.05, 3.63) is 24.3 Å². The predicted octanol–water partition coefficient (Wildman–Crippen LogP) is 3.09. The van der Waals surface area contributed by atoms with Crippen molar-refractivity contribution in [2.75, 3.05) is 18.1 Å². The fourth-order valence-electron chi connectivity index (χ4n) is 1.03. The molecule has 0 aliphatic carbocycles. The van der Waals surface area contributed by atoms with Crippen LogP contribution in [0.2, 0.25) is 0 Å². The van der Waals surface area contributed by atoms with Crippen LogP contribution in [-0.4, -0.2) is 25.0 Å². The van der Waals surface area contributed by atoms with Gasteiger partial charge in [0.15, 0.2) is 0 Å². The van der Waals surface area contributed by atoms with E-state index in [2.05, 4.69) is 5.32 Å². The highest BCUT2D eigenvalue weighted by molar-refractivity contribution is 7.98. The minimum Gasteiger partial charge on any atom is -0.329 e. The molecule has 0 heterocycles. The topological polar surface area (TPSA) is 41.1 Å². The van der Waals surface area contributed by atoms with Crippen LogP contribution in [0.4, 0.5) is 23.7 Å². The lowest BCUT2D eigenvalue weighted by molar-refractivity contribution is -0.122.